The minimum Gasteiger partial charge on any atom is -0.236 e. The van der Waals surface area contributed by atoms with Crippen LogP contribution in [0.1, 0.15) is 12.8 Å². The van der Waals surface area contributed by atoms with Gasteiger partial charge in [-0.25, -0.2) is 13.2 Å². The van der Waals surface area contributed by atoms with Crippen LogP contribution in [0.15, 0.2) is 12.1 Å². The van der Waals surface area contributed by atoms with Gasteiger partial charge in [0, 0.05) is 17.5 Å². The van der Waals surface area contributed by atoms with E-state index in [-0.39, 0.29) is 22.4 Å². The fraction of sp³-hybridized carbons (Fsp3) is 0.400. The number of hydrogen-bond acceptors (Lipinski definition) is 1. The molecule has 0 spiro atoms. The van der Waals surface area contributed by atoms with Crippen LogP contribution >= 0.6 is 11.8 Å². The third-order valence-corrected chi connectivity index (χ3v) is 2.75. The maximum Gasteiger partial charge on any atom is 1.00 e. The largest absolute Gasteiger partial charge is 1.00 e. The van der Waals surface area contributed by atoms with Gasteiger partial charge in [-0.1, -0.05) is 0 Å². The second-order valence-electron chi connectivity index (χ2n) is 2.81. The summed E-state index contributed by atoms with van der Waals surface area (Å²) >= 11 is 2.07. The summed E-state index contributed by atoms with van der Waals surface area (Å²) in [5.41, 5.74) is 0. The van der Waals surface area contributed by atoms with Crippen LogP contribution in [0.4, 0.5) is 13.2 Å². The molecule has 5 heteroatoms. The molecular weight excluding hydrogens is 406 g/mol. The van der Waals surface area contributed by atoms with Crippen LogP contribution in [0.3, 0.4) is 0 Å². The summed E-state index contributed by atoms with van der Waals surface area (Å²) in [6.07, 6.45) is 2.93. The van der Waals surface area contributed by atoms with E-state index in [9.17, 15) is 13.2 Å². The van der Waals surface area contributed by atoms with E-state index in [4.69, 9.17) is 0 Å². The summed E-state index contributed by atoms with van der Waals surface area (Å²) in [5.74, 6) is -0.135. The normalized spacial score (nSPS) is 13.8. The summed E-state index contributed by atoms with van der Waals surface area (Å²) in [6.45, 7) is 0. The molecule has 1 aromatic rings. The maximum absolute atomic E-state index is 11.9. The van der Waals surface area contributed by atoms with E-state index in [1.165, 1.54) is 24.3 Å². The summed E-state index contributed by atoms with van der Waals surface area (Å²) in [7, 11) is 0. The minimum absolute atomic E-state index is 0. The number of benzene rings is 1. The van der Waals surface area contributed by atoms with Crippen molar-refractivity contribution in [2.75, 3.05) is 11.5 Å². The van der Waals surface area contributed by atoms with Gasteiger partial charge in [-0.05, 0) is 24.3 Å². The van der Waals surface area contributed by atoms with E-state index in [2.05, 4.69) is 11.8 Å². The van der Waals surface area contributed by atoms with Crippen LogP contribution in [0.25, 0.3) is 0 Å². The van der Waals surface area contributed by atoms with Crippen LogP contribution in [-0.4, -0.2) is 11.5 Å². The van der Waals surface area contributed by atoms with E-state index in [1.807, 2.05) is 0 Å². The molecule has 15 heavy (non-hydrogen) atoms. The van der Waals surface area contributed by atoms with Crippen molar-refractivity contribution in [3.8, 4) is 0 Å². The smallest absolute Gasteiger partial charge is 0.236 e. The van der Waals surface area contributed by atoms with Gasteiger partial charge < -0.3 is 0 Å². The third kappa shape index (κ3) is 7.06. The SMILES string of the molecule is C1CCSC1.Fc1[c-]c(F)cc(F)c1.[Au+]. The Balaban J connectivity index is 0.000000280. The van der Waals surface area contributed by atoms with Gasteiger partial charge in [0.05, 0.1) is 0 Å². The first kappa shape index (κ1) is 15.1. The van der Waals surface area contributed by atoms with E-state index in [0.29, 0.717) is 12.1 Å². The van der Waals surface area contributed by atoms with Crippen LogP contribution in [0.5, 0.6) is 0 Å². The average molecular weight is 416 g/mol. The zero-order valence-corrected chi connectivity index (χ0v) is 10.8. The predicted octanol–water partition coefficient (Wildman–Crippen LogP) is 3.41. The molecule has 1 fully saturated rings. The molecular formula is C10H10AuF3S. The second kappa shape index (κ2) is 8.28. The summed E-state index contributed by atoms with van der Waals surface area (Å²) in [6, 6.07) is 2.75. The van der Waals surface area contributed by atoms with Gasteiger partial charge in [-0.3, -0.25) is 0 Å². The van der Waals surface area contributed by atoms with E-state index in [0.717, 1.165) is 0 Å². The Morgan fingerprint density at radius 2 is 1.47 bits per heavy atom. The Hall–Kier alpha value is 0.100. The van der Waals surface area contributed by atoms with Gasteiger partial charge in [-0.15, -0.1) is 18.2 Å². The average Bonchev–Trinajstić information content (AvgIpc) is 2.56. The number of rotatable bonds is 0. The van der Waals surface area contributed by atoms with Gasteiger partial charge in [0.15, 0.2) is 0 Å². The molecule has 1 aliphatic rings. The number of halogens is 3. The fourth-order valence-electron chi connectivity index (χ4n) is 0.980. The van der Waals surface area contributed by atoms with Crippen molar-refractivity contribution in [1.29, 1.82) is 0 Å². The quantitative estimate of drug-likeness (QED) is 0.462. The van der Waals surface area contributed by atoms with Gasteiger partial charge in [0.25, 0.3) is 0 Å². The molecule has 0 saturated carbocycles. The minimum atomic E-state index is -1.02. The van der Waals surface area contributed by atoms with Crippen LogP contribution in [0, 0.1) is 23.5 Å². The Bertz CT molecular complexity index is 232. The van der Waals surface area contributed by atoms with Crippen LogP contribution in [0.2, 0.25) is 0 Å². The predicted molar refractivity (Wildman–Crippen MR) is 51.7 cm³/mol. The molecule has 0 bridgehead atoms. The van der Waals surface area contributed by atoms with Gasteiger partial charge in [0.2, 0.25) is 0 Å². The monoisotopic (exact) mass is 416 g/mol. The van der Waals surface area contributed by atoms with E-state index < -0.39 is 17.5 Å². The first-order valence-electron chi connectivity index (χ1n) is 4.30. The molecule has 0 unspecified atom stereocenters. The van der Waals surface area contributed by atoms with E-state index in [1.54, 1.807) is 6.07 Å². The molecule has 1 aliphatic heterocycles. The topological polar surface area (TPSA) is 0 Å². The summed E-state index contributed by atoms with van der Waals surface area (Å²) in [5, 5.41) is 0. The molecule has 1 heterocycles. The molecule has 0 N–H and O–H groups in total. The Morgan fingerprint density at radius 3 is 1.73 bits per heavy atom. The molecule has 0 aliphatic carbocycles. The van der Waals surface area contributed by atoms with Crippen molar-refractivity contribution in [2.45, 2.75) is 12.8 Å². The Morgan fingerprint density at radius 1 is 1.00 bits per heavy atom. The molecule has 2 rings (SSSR count). The van der Waals surface area contributed by atoms with Gasteiger partial charge >= 0.3 is 22.4 Å². The third-order valence-electron chi connectivity index (χ3n) is 1.60. The van der Waals surface area contributed by atoms with Crippen molar-refractivity contribution in [3.63, 3.8) is 0 Å². The van der Waals surface area contributed by atoms with Crippen molar-refractivity contribution in [1.82, 2.24) is 0 Å². The zero-order valence-electron chi connectivity index (χ0n) is 7.83. The molecule has 0 nitrogen and oxygen atoms in total. The first-order valence-corrected chi connectivity index (χ1v) is 5.45. The van der Waals surface area contributed by atoms with Crippen molar-refractivity contribution >= 4 is 11.8 Å². The van der Waals surface area contributed by atoms with E-state index >= 15 is 0 Å². The van der Waals surface area contributed by atoms with Crippen molar-refractivity contribution in [3.05, 3.63) is 35.7 Å². The molecule has 0 radical (unpaired) electrons. The second-order valence-corrected chi connectivity index (χ2v) is 4.04. The van der Waals surface area contributed by atoms with Crippen LogP contribution in [-0.2, 0) is 22.4 Å². The fourth-order valence-corrected chi connectivity index (χ4v) is 2.00. The maximum atomic E-state index is 11.9. The molecule has 1 saturated heterocycles. The molecule has 0 aromatic heterocycles. The first-order chi connectivity index (χ1) is 6.68. The van der Waals surface area contributed by atoms with Gasteiger partial charge in [-0.2, -0.15) is 11.8 Å². The molecule has 0 amide bonds. The zero-order chi connectivity index (χ0) is 10.4. The summed E-state index contributed by atoms with van der Waals surface area (Å²) < 4.78 is 35.7. The molecule has 88 valence electrons. The van der Waals surface area contributed by atoms with Crippen molar-refractivity contribution in [2.24, 2.45) is 0 Å². The Kier molecular flexibility index (Phi) is 8.33. The summed E-state index contributed by atoms with van der Waals surface area (Å²) in [4.78, 5) is 0. The van der Waals surface area contributed by atoms with Crippen LogP contribution < -0.4 is 0 Å². The van der Waals surface area contributed by atoms with Crippen molar-refractivity contribution < 1.29 is 35.6 Å². The Labute approximate surface area is 107 Å². The number of thioether (sulfide) groups is 1. The van der Waals surface area contributed by atoms with Gasteiger partial charge in [0.1, 0.15) is 0 Å². The number of hydrogen-bond donors (Lipinski definition) is 0. The standard InChI is InChI=1S/C6H2F3.C4H8S.Au/c7-4-1-5(8)3-6(9)2-4;1-2-4-5-3-1;/h1-2H;1-4H2;/q-1;;+1. The molecule has 0 atom stereocenters. The molecule has 1 aromatic carbocycles.